The standard InChI is InChI=1S/C27H35BN8O7S/c1-42-22-16(26-32-14-19(44-26)24(38)31-7-8-36-9-11-43-12-10-36)3-2-4-17(22)33-18(21(30)25(39)35-27(28,40)41)13-20(29)34-23(37)15-5-6-15/h2-4,13-15,33,40-41H,5-12,29-30H2,1H3,(H,31,38)(H,34,37)(H,35,39)/b20-13+,21-18+. The fourth-order valence-electron chi connectivity index (χ4n) is 4.23. The molecule has 2 heterocycles. The predicted octanol–water partition coefficient (Wildman–Crippen LogP) is -1.33. The number of nitrogens with two attached hydrogens (primary N) is 2. The second-order valence-electron chi connectivity index (χ2n) is 10.1. The molecule has 2 aromatic rings. The first kappa shape index (κ1) is 32.8. The molecule has 44 heavy (non-hydrogen) atoms. The summed E-state index contributed by atoms with van der Waals surface area (Å²) in [6.07, 6.45) is 4.17. The number of methoxy groups -OCH3 is 1. The van der Waals surface area contributed by atoms with Gasteiger partial charge in [0.2, 0.25) is 5.91 Å². The number of thiazole rings is 1. The van der Waals surface area contributed by atoms with Crippen molar-refractivity contribution in [3.8, 4) is 16.3 Å². The normalized spacial score (nSPS) is 16.5. The highest BCUT2D eigenvalue weighted by Gasteiger charge is 2.30. The van der Waals surface area contributed by atoms with E-state index in [-0.39, 0.29) is 29.3 Å². The lowest BCUT2D eigenvalue weighted by Gasteiger charge is -2.26. The van der Waals surface area contributed by atoms with E-state index in [0.29, 0.717) is 53.2 Å². The minimum atomic E-state index is -3.04. The molecule has 1 aromatic carbocycles. The summed E-state index contributed by atoms with van der Waals surface area (Å²) in [4.78, 5) is 44.6. The van der Waals surface area contributed by atoms with Gasteiger partial charge in [-0.1, -0.05) is 6.07 Å². The quantitative estimate of drug-likeness (QED) is 0.0560. The summed E-state index contributed by atoms with van der Waals surface area (Å²) in [6.45, 7) is 4.21. The number of ether oxygens (including phenoxy) is 2. The van der Waals surface area contributed by atoms with Crippen molar-refractivity contribution in [1.29, 1.82) is 0 Å². The van der Waals surface area contributed by atoms with E-state index in [1.165, 1.54) is 30.7 Å². The Balaban J connectivity index is 1.55. The zero-order chi connectivity index (χ0) is 31.9. The Morgan fingerprint density at radius 3 is 2.64 bits per heavy atom. The minimum Gasteiger partial charge on any atom is -0.494 e. The van der Waals surface area contributed by atoms with E-state index < -0.39 is 17.4 Å². The number of anilines is 1. The van der Waals surface area contributed by atoms with Crippen LogP contribution in [0.1, 0.15) is 22.5 Å². The van der Waals surface area contributed by atoms with Crippen LogP contribution in [-0.2, 0) is 14.3 Å². The van der Waals surface area contributed by atoms with Crippen molar-refractivity contribution in [1.82, 2.24) is 25.8 Å². The smallest absolute Gasteiger partial charge is 0.272 e. The number of para-hydroxylation sites is 1. The molecule has 1 aliphatic carbocycles. The van der Waals surface area contributed by atoms with Crippen LogP contribution >= 0.6 is 11.3 Å². The monoisotopic (exact) mass is 626 g/mol. The number of hydrogen-bond acceptors (Lipinski definition) is 13. The number of aromatic nitrogens is 1. The van der Waals surface area contributed by atoms with Crippen LogP contribution in [0.4, 0.5) is 5.69 Å². The van der Waals surface area contributed by atoms with Crippen molar-refractivity contribution < 1.29 is 34.1 Å². The van der Waals surface area contributed by atoms with Gasteiger partial charge in [-0.05, 0) is 25.0 Å². The summed E-state index contributed by atoms with van der Waals surface area (Å²) in [5.74, 6) is -4.69. The van der Waals surface area contributed by atoms with E-state index >= 15 is 0 Å². The van der Waals surface area contributed by atoms with E-state index in [9.17, 15) is 24.6 Å². The van der Waals surface area contributed by atoms with Crippen LogP contribution in [0.25, 0.3) is 10.6 Å². The Hall–Kier alpha value is -4.16. The summed E-state index contributed by atoms with van der Waals surface area (Å²) in [6, 6.07) is 5.05. The van der Waals surface area contributed by atoms with Gasteiger partial charge in [-0.3, -0.25) is 19.3 Å². The number of amides is 3. The third-order valence-corrected chi connectivity index (χ3v) is 7.64. The molecule has 1 aromatic heterocycles. The van der Waals surface area contributed by atoms with Gasteiger partial charge in [-0.15, -0.1) is 11.3 Å². The SMILES string of the molecule is [B]C(O)(O)NC(=O)/C(N)=C(/C=C(\N)NC(=O)C1CC1)Nc1cccc(-c2ncc(C(=O)NCCN3CCOCC3)s2)c1OC. The highest BCUT2D eigenvalue weighted by molar-refractivity contribution is 7.17. The van der Waals surface area contributed by atoms with Gasteiger partial charge in [0.25, 0.3) is 11.8 Å². The fraction of sp³-hybridized carbons (Fsp3) is 0.407. The van der Waals surface area contributed by atoms with Crippen molar-refractivity contribution in [3.05, 3.63) is 52.6 Å². The summed E-state index contributed by atoms with van der Waals surface area (Å²) in [7, 11) is 6.50. The highest BCUT2D eigenvalue weighted by Crippen LogP contribution is 2.39. The molecule has 1 saturated carbocycles. The van der Waals surface area contributed by atoms with Crippen molar-refractivity contribution >= 4 is 42.6 Å². The molecule has 0 spiro atoms. The second-order valence-corrected chi connectivity index (χ2v) is 11.2. The molecule has 1 aliphatic heterocycles. The molecule has 1 saturated heterocycles. The second kappa shape index (κ2) is 14.5. The van der Waals surface area contributed by atoms with Crippen LogP contribution in [0.3, 0.4) is 0 Å². The molecule has 3 amide bonds. The first-order valence-corrected chi connectivity index (χ1v) is 14.6. The molecule has 0 bridgehead atoms. The maximum atomic E-state index is 12.8. The van der Waals surface area contributed by atoms with Crippen LogP contribution in [-0.4, -0.2) is 98.0 Å². The lowest BCUT2D eigenvalue weighted by atomic mass is 10.0. The number of carbonyl (C=O) groups is 3. The number of aliphatic hydroxyl groups is 2. The summed E-state index contributed by atoms with van der Waals surface area (Å²) in [5, 5.41) is 29.4. The van der Waals surface area contributed by atoms with E-state index in [0.717, 1.165) is 25.9 Å². The number of benzene rings is 1. The number of rotatable bonds is 13. The third-order valence-electron chi connectivity index (χ3n) is 6.61. The summed E-state index contributed by atoms with van der Waals surface area (Å²) in [5.41, 5.74) is 12.2. The first-order chi connectivity index (χ1) is 20.9. The molecule has 4 rings (SSSR count). The Labute approximate surface area is 259 Å². The van der Waals surface area contributed by atoms with E-state index in [1.54, 1.807) is 23.5 Å². The molecule has 10 N–H and O–H groups in total. The Kier molecular flexibility index (Phi) is 10.8. The molecular weight excluding hydrogens is 591 g/mol. The van der Waals surface area contributed by atoms with Gasteiger partial charge >= 0.3 is 0 Å². The van der Waals surface area contributed by atoms with Gasteiger partial charge in [-0.25, -0.2) is 4.98 Å². The third kappa shape index (κ3) is 9.17. The first-order valence-electron chi connectivity index (χ1n) is 13.8. The lowest BCUT2D eigenvalue weighted by molar-refractivity contribution is -0.142. The molecule has 2 radical (unpaired) electrons. The van der Waals surface area contributed by atoms with Crippen LogP contribution in [0.5, 0.6) is 5.75 Å². The van der Waals surface area contributed by atoms with Crippen molar-refractivity contribution in [3.63, 3.8) is 0 Å². The maximum absolute atomic E-state index is 12.8. The largest absolute Gasteiger partial charge is 0.494 e. The fourth-order valence-corrected chi connectivity index (χ4v) is 5.09. The number of morpholine rings is 1. The molecule has 2 fully saturated rings. The van der Waals surface area contributed by atoms with Crippen molar-refractivity contribution in [2.24, 2.45) is 17.4 Å². The zero-order valence-corrected chi connectivity index (χ0v) is 24.9. The molecule has 15 nitrogen and oxygen atoms in total. The van der Waals surface area contributed by atoms with Gasteiger partial charge < -0.3 is 52.4 Å². The van der Waals surface area contributed by atoms with Gasteiger partial charge in [0.1, 0.15) is 21.4 Å². The van der Waals surface area contributed by atoms with Crippen LogP contribution < -0.4 is 37.5 Å². The molecule has 0 unspecified atom stereocenters. The lowest BCUT2D eigenvalue weighted by Crippen LogP contribution is -2.50. The van der Waals surface area contributed by atoms with Crippen LogP contribution in [0.15, 0.2) is 47.7 Å². The number of allylic oxidation sites excluding steroid dienone is 1. The number of nitrogens with one attached hydrogen (secondary N) is 4. The molecule has 0 atom stereocenters. The van der Waals surface area contributed by atoms with Gasteiger partial charge in [-0.2, -0.15) is 0 Å². The predicted molar refractivity (Wildman–Crippen MR) is 163 cm³/mol. The number of carbonyl (C=O) groups excluding carboxylic acids is 3. The van der Waals surface area contributed by atoms with Crippen molar-refractivity contribution in [2.45, 2.75) is 18.7 Å². The average Bonchev–Trinajstić information content (AvgIpc) is 3.72. The Bertz CT molecular complexity index is 1430. The Morgan fingerprint density at radius 1 is 1.25 bits per heavy atom. The van der Waals surface area contributed by atoms with Crippen molar-refractivity contribution in [2.75, 3.05) is 51.8 Å². The van der Waals surface area contributed by atoms with E-state index in [1.807, 2.05) is 0 Å². The highest BCUT2D eigenvalue weighted by atomic mass is 32.1. The number of hydrogen-bond donors (Lipinski definition) is 8. The minimum absolute atomic E-state index is 0.115. The van der Waals surface area contributed by atoms with Gasteiger partial charge in [0.05, 0.1) is 43.5 Å². The molecule has 17 heteroatoms. The Morgan fingerprint density at radius 2 is 1.98 bits per heavy atom. The van der Waals surface area contributed by atoms with Gasteiger partial charge in [0, 0.05) is 38.2 Å². The van der Waals surface area contributed by atoms with Gasteiger partial charge in [0.15, 0.2) is 19.4 Å². The number of nitrogens with zero attached hydrogens (tertiary/aromatic N) is 2. The summed E-state index contributed by atoms with van der Waals surface area (Å²) >= 11 is 1.17. The summed E-state index contributed by atoms with van der Waals surface area (Å²) < 4.78 is 11.0. The average molecular weight is 627 g/mol. The van der Waals surface area contributed by atoms with E-state index in [2.05, 4.69) is 25.8 Å². The molecule has 234 valence electrons. The van der Waals surface area contributed by atoms with E-state index in [4.69, 9.17) is 28.8 Å². The topological polar surface area (TPSA) is 226 Å². The van der Waals surface area contributed by atoms with Crippen LogP contribution in [0, 0.1) is 5.92 Å². The molecule has 2 aliphatic rings. The molecular formula is C27H35BN8O7S. The van der Waals surface area contributed by atoms with Crippen LogP contribution in [0.2, 0.25) is 0 Å². The maximum Gasteiger partial charge on any atom is 0.272 e. The zero-order valence-electron chi connectivity index (χ0n) is 24.1.